The summed E-state index contributed by atoms with van der Waals surface area (Å²) >= 11 is 0. The number of fused-ring (bicyclic) bond motifs is 1. The van der Waals surface area contributed by atoms with Crippen LogP contribution in [0.4, 0.5) is 0 Å². The van der Waals surface area contributed by atoms with E-state index in [0.717, 1.165) is 36.8 Å². The maximum atomic E-state index is 13.9. The van der Waals surface area contributed by atoms with Gasteiger partial charge in [-0.25, -0.2) is 4.79 Å². The normalized spacial score (nSPS) is 18.3. The third kappa shape index (κ3) is 5.47. The number of ether oxygens (including phenoxy) is 2. The molecule has 192 valence electrons. The van der Waals surface area contributed by atoms with Crippen molar-refractivity contribution >= 4 is 11.9 Å². The van der Waals surface area contributed by atoms with Crippen LogP contribution in [0.25, 0.3) is 0 Å². The van der Waals surface area contributed by atoms with Crippen LogP contribution in [0.3, 0.4) is 0 Å². The molecule has 2 N–H and O–H groups in total. The molecule has 7 heteroatoms. The highest BCUT2D eigenvalue weighted by Crippen LogP contribution is 2.39. The van der Waals surface area contributed by atoms with E-state index < -0.39 is 18.1 Å². The van der Waals surface area contributed by atoms with Crippen LogP contribution in [0.15, 0.2) is 72.8 Å². The Morgan fingerprint density at radius 1 is 0.946 bits per heavy atom. The fraction of sp³-hybridized carbons (Fsp3) is 0.333. The largest absolute Gasteiger partial charge is 0.504 e. The van der Waals surface area contributed by atoms with Gasteiger partial charge in [0, 0.05) is 18.5 Å². The van der Waals surface area contributed by atoms with Crippen LogP contribution in [-0.4, -0.2) is 39.1 Å². The SMILES string of the molecule is O=C(O)[C@H]1Cc2c(ccc(O)c2OCc2ccccc2)CN1C(=O)[C@@H](OC1CCCC1)c1ccccc1. The van der Waals surface area contributed by atoms with E-state index in [0.29, 0.717) is 11.1 Å². The highest BCUT2D eigenvalue weighted by molar-refractivity contribution is 5.88. The summed E-state index contributed by atoms with van der Waals surface area (Å²) < 4.78 is 12.3. The van der Waals surface area contributed by atoms with Crippen LogP contribution < -0.4 is 4.74 Å². The number of hydrogen-bond donors (Lipinski definition) is 2. The molecule has 0 spiro atoms. The molecule has 1 aliphatic heterocycles. The van der Waals surface area contributed by atoms with Gasteiger partial charge in [0.2, 0.25) is 0 Å². The molecule has 0 bridgehead atoms. The first-order valence-electron chi connectivity index (χ1n) is 12.8. The van der Waals surface area contributed by atoms with E-state index >= 15 is 0 Å². The summed E-state index contributed by atoms with van der Waals surface area (Å²) in [6.45, 7) is 0.320. The summed E-state index contributed by atoms with van der Waals surface area (Å²) in [6.07, 6.45) is 3.03. The zero-order chi connectivity index (χ0) is 25.8. The van der Waals surface area contributed by atoms with Gasteiger partial charge in [-0.05, 0) is 35.6 Å². The van der Waals surface area contributed by atoms with Crippen LogP contribution in [-0.2, 0) is 33.9 Å². The zero-order valence-electron chi connectivity index (χ0n) is 20.6. The van der Waals surface area contributed by atoms with Gasteiger partial charge in [0.05, 0.1) is 6.10 Å². The molecule has 2 atom stereocenters. The molecule has 7 nitrogen and oxygen atoms in total. The van der Waals surface area contributed by atoms with Crippen molar-refractivity contribution in [3.8, 4) is 11.5 Å². The smallest absolute Gasteiger partial charge is 0.326 e. The fourth-order valence-corrected chi connectivity index (χ4v) is 5.24. The maximum absolute atomic E-state index is 13.9. The first kappa shape index (κ1) is 24.8. The molecule has 1 saturated carbocycles. The minimum absolute atomic E-state index is 0.0237. The van der Waals surface area contributed by atoms with Gasteiger partial charge in [0.25, 0.3) is 5.91 Å². The van der Waals surface area contributed by atoms with Crippen molar-refractivity contribution < 1.29 is 29.3 Å². The lowest BCUT2D eigenvalue weighted by atomic mass is 9.91. The van der Waals surface area contributed by atoms with Crippen molar-refractivity contribution in [2.24, 2.45) is 0 Å². The second-order valence-corrected chi connectivity index (χ2v) is 9.68. The van der Waals surface area contributed by atoms with E-state index in [1.165, 1.54) is 11.0 Å². The summed E-state index contributed by atoms with van der Waals surface area (Å²) in [5.41, 5.74) is 3.00. The van der Waals surface area contributed by atoms with Gasteiger partial charge in [-0.1, -0.05) is 79.6 Å². The number of aromatic hydroxyl groups is 1. The van der Waals surface area contributed by atoms with Crippen LogP contribution >= 0.6 is 0 Å². The highest BCUT2D eigenvalue weighted by Gasteiger charge is 2.40. The molecule has 0 unspecified atom stereocenters. The zero-order valence-corrected chi connectivity index (χ0v) is 20.6. The fourth-order valence-electron chi connectivity index (χ4n) is 5.24. The second kappa shape index (κ2) is 11.0. The van der Waals surface area contributed by atoms with Gasteiger partial charge in [0.1, 0.15) is 12.6 Å². The number of carboxylic acids is 1. The van der Waals surface area contributed by atoms with Gasteiger partial charge in [0.15, 0.2) is 17.6 Å². The molecule has 0 radical (unpaired) electrons. The number of rotatable bonds is 8. The Bertz CT molecular complexity index is 1240. The molecule has 0 saturated heterocycles. The quantitative estimate of drug-likeness (QED) is 0.451. The number of aliphatic carboxylic acids is 1. The Balaban J connectivity index is 1.44. The molecule has 0 aromatic heterocycles. The molecule has 37 heavy (non-hydrogen) atoms. The first-order valence-corrected chi connectivity index (χ1v) is 12.8. The second-order valence-electron chi connectivity index (χ2n) is 9.68. The number of nitrogens with zero attached hydrogens (tertiary/aromatic N) is 1. The number of amides is 1. The van der Waals surface area contributed by atoms with Crippen molar-refractivity contribution in [1.29, 1.82) is 0 Å². The summed E-state index contributed by atoms with van der Waals surface area (Å²) in [5, 5.41) is 20.7. The molecule has 3 aromatic carbocycles. The number of carbonyl (C=O) groups is 2. The number of benzene rings is 3. The van der Waals surface area contributed by atoms with Crippen molar-refractivity contribution in [2.75, 3.05) is 0 Å². The van der Waals surface area contributed by atoms with Crippen LogP contribution in [0.2, 0.25) is 0 Å². The van der Waals surface area contributed by atoms with Crippen LogP contribution in [0.1, 0.15) is 54.0 Å². The van der Waals surface area contributed by atoms with Gasteiger partial charge in [-0.15, -0.1) is 0 Å². The number of hydrogen-bond acceptors (Lipinski definition) is 5. The van der Waals surface area contributed by atoms with Crippen molar-refractivity contribution in [2.45, 2.75) is 63.5 Å². The molecular formula is C30H31NO6. The number of carbonyl (C=O) groups excluding carboxylic acids is 1. The number of carboxylic acid groups (broad SMARTS) is 1. The Hall–Kier alpha value is -3.84. The molecule has 1 aliphatic carbocycles. The first-order chi connectivity index (χ1) is 18.0. The molecule has 2 aliphatic rings. The summed E-state index contributed by atoms with van der Waals surface area (Å²) in [5.74, 6) is -1.26. The molecule has 1 heterocycles. The third-order valence-electron chi connectivity index (χ3n) is 7.20. The average molecular weight is 502 g/mol. The maximum Gasteiger partial charge on any atom is 0.326 e. The lowest BCUT2D eigenvalue weighted by molar-refractivity contribution is -0.160. The molecular weight excluding hydrogens is 470 g/mol. The topological polar surface area (TPSA) is 96.3 Å². The lowest BCUT2D eigenvalue weighted by Gasteiger charge is -2.37. The summed E-state index contributed by atoms with van der Waals surface area (Å²) in [6, 6.07) is 21.0. The molecule has 5 rings (SSSR count). The third-order valence-corrected chi connectivity index (χ3v) is 7.20. The Kier molecular flexibility index (Phi) is 7.42. The minimum atomic E-state index is -1.11. The Labute approximate surface area is 216 Å². The van der Waals surface area contributed by atoms with Crippen molar-refractivity contribution in [3.05, 3.63) is 95.1 Å². The Morgan fingerprint density at radius 2 is 1.62 bits per heavy atom. The number of phenolic OH excluding ortho intramolecular Hbond substituents is 1. The van der Waals surface area contributed by atoms with Gasteiger partial charge >= 0.3 is 5.97 Å². The standard InChI is InChI=1S/C30H31NO6/c32-26-16-15-22-18-31(29(33)27(21-11-5-2-6-12-21)37-23-13-7-8-14-23)25(30(34)35)17-24(22)28(26)36-19-20-9-3-1-4-10-20/h1-6,9-12,15-16,23,25,27,32H,7-8,13-14,17-19H2,(H,34,35)/t25-,27+/m1/s1. The monoisotopic (exact) mass is 501 g/mol. The molecule has 1 amide bonds. The summed E-state index contributed by atoms with van der Waals surface area (Å²) in [4.78, 5) is 27.7. The molecule has 3 aromatic rings. The van der Waals surface area contributed by atoms with Gasteiger partial charge in [-0.2, -0.15) is 0 Å². The van der Waals surface area contributed by atoms with Crippen molar-refractivity contribution in [3.63, 3.8) is 0 Å². The lowest BCUT2D eigenvalue weighted by Crippen LogP contribution is -2.50. The van der Waals surface area contributed by atoms with E-state index in [1.807, 2.05) is 60.7 Å². The number of phenols is 1. The van der Waals surface area contributed by atoms with Gasteiger partial charge < -0.3 is 24.6 Å². The van der Waals surface area contributed by atoms with E-state index in [2.05, 4.69) is 0 Å². The predicted octanol–water partition coefficient (Wildman–Crippen LogP) is 5.01. The molecule has 1 fully saturated rings. The Morgan fingerprint density at radius 3 is 2.30 bits per heavy atom. The van der Waals surface area contributed by atoms with E-state index in [4.69, 9.17) is 9.47 Å². The minimum Gasteiger partial charge on any atom is -0.504 e. The van der Waals surface area contributed by atoms with Crippen LogP contribution in [0, 0.1) is 0 Å². The van der Waals surface area contributed by atoms with Gasteiger partial charge in [-0.3, -0.25) is 4.79 Å². The van der Waals surface area contributed by atoms with Crippen LogP contribution in [0.5, 0.6) is 11.5 Å². The van der Waals surface area contributed by atoms with E-state index in [1.54, 1.807) is 6.07 Å². The van der Waals surface area contributed by atoms with Crippen molar-refractivity contribution in [1.82, 2.24) is 4.90 Å². The van der Waals surface area contributed by atoms with E-state index in [-0.39, 0.29) is 43.1 Å². The summed E-state index contributed by atoms with van der Waals surface area (Å²) in [7, 11) is 0. The van der Waals surface area contributed by atoms with E-state index in [9.17, 15) is 19.8 Å². The average Bonchev–Trinajstić information content (AvgIpc) is 3.44. The predicted molar refractivity (Wildman–Crippen MR) is 137 cm³/mol. The highest BCUT2D eigenvalue weighted by atomic mass is 16.5.